The van der Waals surface area contributed by atoms with Crippen LogP contribution in [-0.2, 0) is 49.7 Å². The van der Waals surface area contributed by atoms with Crippen LogP contribution in [0, 0.1) is 5.92 Å². The minimum absolute atomic E-state index is 0.107. The third-order valence-corrected chi connectivity index (χ3v) is 8.29. The summed E-state index contributed by atoms with van der Waals surface area (Å²) in [5.41, 5.74) is 1.29. The van der Waals surface area contributed by atoms with Crippen LogP contribution in [0.3, 0.4) is 0 Å². The molecule has 48 heavy (non-hydrogen) atoms. The zero-order valence-electron chi connectivity index (χ0n) is 27.7. The molecule has 0 N–H and O–H groups in total. The first-order valence-corrected chi connectivity index (χ1v) is 16.4. The van der Waals surface area contributed by atoms with Crippen molar-refractivity contribution >= 4 is 23.9 Å². The highest BCUT2D eigenvalue weighted by atomic mass is 19.4. The summed E-state index contributed by atoms with van der Waals surface area (Å²) in [6.07, 6.45) is -2.21. The number of hydrogen-bond donors (Lipinski definition) is 0. The number of aryl methyl sites for hydroxylation is 1. The molecule has 2 amide bonds. The number of anilines is 1. The number of alkyl halides is 3. The van der Waals surface area contributed by atoms with Crippen molar-refractivity contribution in [2.45, 2.75) is 71.3 Å². The lowest BCUT2D eigenvalue weighted by molar-refractivity contribution is -0.166. The lowest BCUT2D eigenvalue weighted by Crippen LogP contribution is -2.41. The van der Waals surface area contributed by atoms with Crippen LogP contribution in [0.1, 0.15) is 50.4 Å². The second kappa shape index (κ2) is 15.1. The molecular formula is C33H44F3N5O7. The molecule has 264 valence electrons. The second-order valence-electron chi connectivity index (χ2n) is 13.3. The predicted octanol–water partition coefficient (Wildman–Crippen LogP) is 3.98. The van der Waals surface area contributed by atoms with Crippen LogP contribution < -0.4 is 9.64 Å². The molecule has 1 aromatic carbocycles. The van der Waals surface area contributed by atoms with E-state index in [1.165, 1.54) is 4.90 Å². The van der Waals surface area contributed by atoms with Crippen LogP contribution in [0.2, 0.25) is 0 Å². The minimum Gasteiger partial charge on any atom is -0.493 e. The molecule has 3 aliphatic heterocycles. The average molecular weight is 680 g/mol. The molecule has 0 aliphatic carbocycles. The van der Waals surface area contributed by atoms with Crippen molar-refractivity contribution in [3.8, 4) is 5.75 Å². The number of aromatic nitrogens is 2. The number of fused-ring (bicyclic) bond motifs is 2. The van der Waals surface area contributed by atoms with Gasteiger partial charge in [0, 0.05) is 51.9 Å². The van der Waals surface area contributed by atoms with Gasteiger partial charge in [0.25, 0.3) is 0 Å². The van der Waals surface area contributed by atoms with Crippen molar-refractivity contribution in [1.29, 1.82) is 0 Å². The van der Waals surface area contributed by atoms with Gasteiger partial charge in [-0.1, -0.05) is 6.07 Å². The summed E-state index contributed by atoms with van der Waals surface area (Å²) in [5.74, 6) is -1.38. The van der Waals surface area contributed by atoms with E-state index in [1.54, 1.807) is 18.2 Å². The van der Waals surface area contributed by atoms with Crippen molar-refractivity contribution in [3.05, 3.63) is 41.2 Å². The molecule has 3 aliphatic rings. The van der Waals surface area contributed by atoms with Crippen LogP contribution in [0.4, 0.5) is 23.9 Å². The highest BCUT2D eigenvalue weighted by molar-refractivity contribution is 5.86. The molecule has 5 rings (SSSR count). The number of nitrogens with zero attached hydrogens (tertiary/aromatic N) is 5. The smallest absolute Gasteiger partial charge is 0.417 e. The molecule has 1 saturated heterocycles. The van der Waals surface area contributed by atoms with Gasteiger partial charge in [0.2, 0.25) is 11.9 Å². The molecule has 1 fully saturated rings. The van der Waals surface area contributed by atoms with E-state index < -0.39 is 42.2 Å². The molecule has 0 bridgehead atoms. The van der Waals surface area contributed by atoms with E-state index >= 15 is 0 Å². The number of amides is 2. The number of halogens is 3. The Hall–Kier alpha value is -3.85. The number of carbonyl (C=O) groups excluding carboxylic acids is 3. The quantitative estimate of drug-likeness (QED) is 0.344. The maximum atomic E-state index is 13.5. The van der Waals surface area contributed by atoms with Gasteiger partial charge in [-0.3, -0.25) is 14.5 Å². The van der Waals surface area contributed by atoms with Gasteiger partial charge in [0.05, 0.1) is 37.9 Å². The van der Waals surface area contributed by atoms with E-state index in [2.05, 4.69) is 9.88 Å². The Bertz CT molecular complexity index is 1450. The number of morpholine rings is 1. The first-order chi connectivity index (χ1) is 22.7. The summed E-state index contributed by atoms with van der Waals surface area (Å²) in [5, 5.41) is 0. The van der Waals surface area contributed by atoms with Crippen molar-refractivity contribution in [3.63, 3.8) is 0 Å². The van der Waals surface area contributed by atoms with Gasteiger partial charge in [-0.15, -0.1) is 0 Å². The van der Waals surface area contributed by atoms with E-state index in [0.29, 0.717) is 62.1 Å². The van der Waals surface area contributed by atoms with Gasteiger partial charge < -0.3 is 28.4 Å². The first kappa shape index (κ1) is 35.5. The van der Waals surface area contributed by atoms with E-state index in [9.17, 15) is 27.6 Å². The molecule has 0 radical (unpaired) electrons. The van der Waals surface area contributed by atoms with E-state index in [-0.39, 0.29) is 32.6 Å². The maximum Gasteiger partial charge on any atom is 0.417 e. The molecule has 2 aromatic rings. The SMILES string of the molecule is CC(C)(C)OC(=O)N1CCCn2cc(CCOc3ccc4c(c3)CN(CC(F)(F)F)C(=O)[C@H](CC(=O)OCCN3CCOCC3)C4)nc21. The molecule has 0 unspecified atom stereocenters. The van der Waals surface area contributed by atoms with Crippen molar-refractivity contribution in [2.75, 3.05) is 64.1 Å². The van der Waals surface area contributed by atoms with Gasteiger partial charge >= 0.3 is 18.2 Å². The Morgan fingerprint density at radius 1 is 1.04 bits per heavy atom. The van der Waals surface area contributed by atoms with Crippen molar-refractivity contribution in [2.24, 2.45) is 5.92 Å². The first-order valence-electron chi connectivity index (χ1n) is 16.4. The summed E-state index contributed by atoms with van der Waals surface area (Å²) in [7, 11) is 0. The van der Waals surface area contributed by atoms with Crippen molar-refractivity contribution < 1.29 is 46.5 Å². The van der Waals surface area contributed by atoms with Gasteiger partial charge in [-0.2, -0.15) is 13.2 Å². The predicted molar refractivity (Wildman–Crippen MR) is 168 cm³/mol. The normalized spacial score (nSPS) is 19.0. The molecule has 0 saturated carbocycles. The minimum atomic E-state index is -4.61. The van der Waals surface area contributed by atoms with Crippen LogP contribution in [0.5, 0.6) is 5.75 Å². The number of hydrogen-bond acceptors (Lipinski definition) is 9. The Kier molecular flexibility index (Phi) is 11.2. The third kappa shape index (κ3) is 9.84. The second-order valence-corrected chi connectivity index (χ2v) is 13.3. The number of benzene rings is 1. The number of ether oxygens (including phenoxy) is 4. The molecule has 0 spiro atoms. The molecule has 4 heterocycles. The molecular weight excluding hydrogens is 635 g/mol. The van der Waals surface area contributed by atoms with Gasteiger partial charge in [0.15, 0.2) is 0 Å². The highest BCUT2D eigenvalue weighted by Gasteiger charge is 2.38. The summed E-state index contributed by atoms with van der Waals surface area (Å²) in [4.78, 5) is 47.7. The van der Waals surface area contributed by atoms with Crippen LogP contribution >= 0.6 is 0 Å². The maximum absolute atomic E-state index is 13.5. The van der Waals surface area contributed by atoms with E-state index in [0.717, 1.165) is 30.1 Å². The van der Waals surface area contributed by atoms with Gasteiger partial charge in [0.1, 0.15) is 24.5 Å². The fourth-order valence-corrected chi connectivity index (χ4v) is 6.04. The lowest BCUT2D eigenvalue weighted by atomic mass is 9.94. The van der Waals surface area contributed by atoms with Gasteiger partial charge in [-0.25, -0.2) is 14.7 Å². The Morgan fingerprint density at radius 3 is 2.54 bits per heavy atom. The monoisotopic (exact) mass is 679 g/mol. The average Bonchev–Trinajstić information content (AvgIpc) is 3.38. The van der Waals surface area contributed by atoms with Crippen LogP contribution in [0.25, 0.3) is 0 Å². The zero-order chi connectivity index (χ0) is 34.5. The summed E-state index contributed by atoms with van der Waals surface area (Å²) < 4.78 is 64.7. The third-order valence-electron chi connectivity index (χ3n) is 8.29. The lowest BCUT2D eigenvalue weighted by Gasteiger charge is -2.29. The summed E-state index contributed by atoms with van der Waals surface area (Å²) in [6, 6.07) is 5.10. The largest absolute Gasteiger partial charge is 0.493 e. The number of esters is 1. The number of carbonyl (C=O) groups is 3. The van der Waals surface area contributed by atoms with E-state index in [4.69, 9.17) is 18.9 Å². The van der Waals surface area contributed by atoms with Crippen LogP contribution in [-0.4, -0.2) is 108 Å². The van der Waals surface area contributed by atoms with Gasteiger partial charge in [-0.05, 0) is 56.9 Å². The fourth-order valence-electron chi connectivity index (χ4n) is 6.04. The number of imidazole rings is 1. The zero-order valence-corrected chi connectivity index (χ0v) is 27.7. The fraction of sp³-hybridized carbons (Fsp3) is 0.636. The topological polar surface area (TPSA) is 116 Å². The molecule has 1 aromatic heterocycles. The van der Waals surface area contributed by atoms with E-state index in [1.807, 2.05) is 31.5 Å². The standard InChI is InChI=1S/C33H44F3N5O7/c1-32(2,3)48-31(44)41-9-4-8-39-21-26(37-30(39)41)7-13-46-27-6-5-23-17-24(19-28(42)47-16-12-38-10-14-45-15-11-38)29(43)40(20-25(23)18-27)22-33(34,35)36/h5-6,18,21,24H,4,7-17,19-20,22H2,1-3H3/t24-/m0/s1. The summed E-state index contributed by atoms with van der Waals surface area (Å²) in [6.45, 7) is 8.50. The highest BCUT2D eigenvalue weighted by Crippen LogP contribution is 2.31. The summed E-state index contributed by atoms with van der Waals surface area (Å²) >= 11 is 0. The Balaban J connectivity index is 1.21. The van der Waals surface area contributed by atoms with Crippen LogP contribution in [0.15, 0.2) is 24.4 Å². The Labute approximate surface area is 278 Å². The molecule has 12 nitrogen and oxygen atoms in total. The molecule has 15 heteroatoms. The Morgan fingerprint density at radius 2 is 1.81 bits per heavy atom. The molecule has 1 atom stereocenters. The van der Waals surface area contributed by atoms with Crippen molar-refractivity contribution in [1.82, 2.24) is 19.4 Å². The number of rotatable bonds is 10.